The Morgan fingerprint density at radius 3 is 0.895 bits per heavy atom. The Hall–Kier alpha value is 0.961. The molecule has 0 aliphatic rings. The van der Waals surface area contributed by atoms with Gasteiger partial charge in [-0.15, -0.1) is 0 Å². The highest BCUT2D eigenvalue weighted by Gasteiger charge is 2.25. The highest BCUT2D eigenvalue weighted by atomic mass is 31.2. The van der Waals surface area contributed by atoms with Crippen LogP contribution in [0.3, 0.4) is 0 Å². The highest BCUT2D eigenvalue weighted by Crippen LogP contribution is 2.41. The standard InChI is InChI=1S/C12H33O3PSi3/c1-17(2,3)10-13-16(14-11-18(4,5)6)15-12-19(7,8)9/h10-12H2,1-9H3. The molecule has 0 aromatic heterocycles. The summed E-state index contributed by atoms with van der Waals surface area (Å²) in [5.74, 6) is 0. The van der Waals surface area contributed by atoms with E-state index in [1.54, 1.807) is 0 Å². The molecule has 0 aliphatic carbocycles. The van der Waals surface area contributed by atoms with Crippen LogP contribution in [-0.2, 0) is 13.6 Å². The zero-order chi connectivity index (χ0) is 15.3. The van der Waals surface area contributed by atoms with Crippen LogP contribution < -0.4 is 0 Å². The van der Waals surface area contributed by atoms with Crippen molar-refractivity contribution in [1.82, 2.24) is 0 Å². The molecular weight excluding hydrogens is 307 g/mol. The third-order valence-electron chi connectivity index (χ3n) is 1.81. The van der Waals surface area contributed by atoms with Gasteiger partial charge in [0.25, 0.3) is 0 Å². The summed E-state index contributed by atoms with van der Waals surface area (Å²) in [6, 6.07) is 0. The van der Waals surface area contributed by atoms with E-state index < -0.39 is 32.8 Å². The first-order valence-corrected chi connectivity index (χ1v) is 19.2. The maximum atomic E-state index is 5.92. The second-order valence-electron chi connectivity index (χ2n) is 8.73. The van der Waals surface area contributed by atoms with Crippen LogP contribution in [0.15, 0.2) is 0 Å². The van der Waals surface area contributed by atoms with Crippen LogP contribution in [0.2, 0.25) is 58.9 Å². The minimum atomic E-state index is -1.21. The van der Waals surface area contributed by atoms with Gasteiger partial charge in [-0.05, 0) is 0 Å². The third-order valence-corrected chi connectivity index (χ3v) is 6.59. The average Bonchev–Trinajstić information content (AvgIpc) is 2.11. The van der Waals surface area contributed by atoms with Crippen LogP contribution in [0.5, 0.6) is 0 Å². The van der Waals surface area contributed by atoms with Gasteiger partial charge in [-0.2, -0.15) is 0 Å². The highest BCUT2D eigenvalue weighted by molar-refractivity contribution is 7.42. The molecule has 0 heterocycles. The summed E-state index contributed by atoms with van der Waals surface area (Å²) in [5, 5.41) is 0. The van der Waals surface area contributed by atoms with Gasteiger partial charge in [0.05, 0.1) is 24.2 Å². The van der Waals surface area contributed by atoms with Crippen molar-refractivity contribution in [2.45, 2.75) is 58.9 Å². The Kier molecular flexibility index (Phi) is 8.22. The first-order valence-electron chi connectivity index (χ1n) is 6.97. The Morgan fingerprint density at radius 2 is 0.737 bits per heavy atom. The van der Waals surface area contributed by atoms with E-state index in [4.69, 9.17) is 13.6 Å². The predicted molar refractivity (Wildman–Crippen MR) is 94.8 cm³/mol. The topological polar surface area (TPSA) is 27.7 Å². The molecule has 3 nitrogen and oxygen atoms in total. The van der Waals surface area contributed by atoms with E-state index in [1.807, 2.05) is 0 Å². The average molecular weight is 341 g/mol. The summed E-state index contributed by atoms with van der Waals surface area (Å²) in [6.07, 6.45) is 2.45. The molecule has 0 amide bonds. The zero-order valence-corrected chi connectivity index (χ0v) is 18.2. The molecule has 0 N–H and O–H groups in total. The summed E-state index contributed by atoms with van der Waals surface area (Å²) in [4.78, 5) is 0. The molecule has 0 unspecified atom stereocenters. The van der Waals surface area contributed by atoms with E-state index in [-0.39, 0.29) is 0 Å². The van der Waals surface area contributed by atoms with Gasteiger partial charge in [0, 0.05) is 18.7 Å². The van der Waals surface area contributed by atoms with E-state index in [9.17, 15) is 0 Å². The summed E-state index contributed by atoms with van der Waals surface area (Å²) in [6.45, 7) is 20.7. The fraction of sp³-hybridized carbons (Fsp3) is 1.00. The molecule has 19 heavy (non-hydrogen) atoms. The van der Waals surface area contributed by atoms with Gasteiger partial charge in [0.2, 0.25) is 0 Å². The van der Waals surface area contributed by atoms with Crippen LogP contribution in [0, 0.1) is 0 Å². The van der Waals surface area contributed by atoms with Crippen molar-refractivity contribution in [2.75, 3.05) is 18.7 Å². The number of hydrogen-bond donors (Lipinski definition) is 0. The number of rotatable bonds is 9. The van der Waals surface area contributed by atoms with Crippen LogP contribution in [0.25, 0.3) is 0 Å². The smallest absolute Gasteiger partial charge is 0.316 e. The number of hydrogen-bond acceptors (Lipinski definition) is 3. The maximum Gasteiger partial charge on any atom is 0.331 e. The third kappa shape index (κ3) is 15.2. The van der Waals surface area contributed by atoms with Crippen molar-refractivity contribution < 1.29 is 13.6 Å². The van der Waals surface area contributed by atoms with Crippen LogP contribution in [-0.4, -0.2) is 42.9 Å². The first kappa shape index (κ1) is 20.0. The second-order valence-corrected chi connectivity index (χ2v) is 26.2. The largest absolute Gasteiger partial charge is 0.331 e. The molecule has 0 fully saturated rings. The van der Waals surface area contributed by atoms with Crippen molar-refractivity contribution in [3.8, 4) is 0 Å². The van der Waals surface area contributed by atoms with Gasteiger partial charge < -0.3 is 13.6 Å². The molecule has 0 aromatic carbocycles. The second kappa shape index (κ2) is 7.82. The zero-order valence-electron chi connectivity index (χ0n) is 14.3. The first-order chi connectivity index (χ1) is 8.29. The lowest BCUT2D eigenvalue weighted by atomic mass is 11.7. The lowest BCUT2D eigenvalue weighted by Crippen LogP contribution is -2.31. The lowest BCUT2D eigenvalue weighted by molar-refractivity contribution is 0.207. The Morgan fingerprint density at radius 1 is 0.526 bits per heavy atom. The summed E-state index contributed by atoms with van der Waals surface area (Å²) in [7, 11) is -4.79. The molecule has 7 heteroatoms. The van der Waals surface area contributed by atoms with Crippen molar-refractivity contribution in [1.29, 1.82) is 0 Å². The van der Waals surface area contributed by atoms with Gasteiger partial charge in [0.1, 0.15) is 0 Å². The molecule has 0 aromatic rings. The molecule has 0 bridgehead atoms. The van der Waals surface area contributed by atoms with E-state index in [2.05, 4.69) is 58.9 Å². The van der Waals surface area contributed by atoms with E-state index in [0.29, 0.717) is 0 Å². The fourth-order valence-electron chi connectivity index (χ4n) is 0.851. The lowest BCUT2D eigenvalue weighted by Gasteiger charge is -2.26. The van der Waals surface area contributed by atoms with Crippen molar-refractivity contribution in [2.24, 2.45) is 0 Å². The minimum absolute atomic E-state index is 0.816. The summed E-state index contributed by atoms with van der Waals surface area (Å²) < 4.78 is 17.8. The normalized spacial score (nSPS) is 14.2. The molecular formula is C12H33O3PSi3. The SMILES string of the molecule is C[Si](C)(C)COP(OC[Si](C)(C)C)OC[Si](C)(C)C. The fourth-order valence-corrected chi connectivity index (χ4v) is 6.99. The summed E-state index contributed by atoms with van der Waals surface area (Å²) >= 11 is 0. The Bertz CT molecular complexity index is 214. The molecule has 0 spiro atoms. The van der Waals surface area contributed by atoms with E-state index in [1.165, 1.54) is 0 Å². The van der Waals surface area contributed by atoms with Gasteiger partial charge in [-0.1, -0.05) is 58.9 Å². The van der Waals surface area contributed by atoms with Crippen molar-refractivity contribution in [3.63, 3.8) is 0 Å². The van der Waals surface area contributed by atoms with Gasteiger partial charge in [0.15, 0.2) is 0 Å². The molecule has 0 saturated heterocycles. The monoisotopic (exact) mass is 340 g/mol. The van der Waals surface area contributed by atoms with Crippen LogP contribution in [0.1, 0.15) is 0 Å². The molecule has 116 valence electrons. The maximum absolute atomic E-state index is 5.92. The molecule has 0 saturated carbocycles. The minimum Gasteiger partial charge on any atom is -0.316 e. The van der Waals surface area contributed by atoms with Crippen LogP contribution >= 0.6 is 8.60 Å². The molecule has 0 radical (unpaired) electrons. The molecule has 0 rings (SSSR count). The predicted octanol–water partition coefficient (Wildman–Crippen LogP) is 4.90. The quantitative estimate of drug-likeness (QED) is 0.441. The molecule has 0 atom stereocenters. The van der Waals surface area contributed by atoms with Gasteiger partial charge in [-0.3, -0.25) is 0 Å². The van der Waals surface area contributed by atoms with Gasteiger partial charge in [-0.25, -0.2) is 0 Å². The van der Waals surface area contributed by atoms with Gasteiger partial charge >= 0.3 is 8.60 Å². The summed E-state index contributed by atoms with van der Waals surface area (Å²) in [5.41, 5.74) is 0. The van der Waals surface area contributed by atoms with Crippen molar-refractivity contribution >= 4 is 32.8 Å². The van der Waals surface area contributed by atoms with Crippen LogP contribution in [0.4, 0.5) is 0 Å². The van der Waals surface area contributed by atoms with E-state index in [0.717, 1.165) is 18.7 Å². The Balaban J connectivity index is 4.30. The van der Waals surface area contributed by atoms with Crippen molar-refractivity contribution in [3.05, 3.63) is 0 Å². The van der Waals surface area contributed by atoms with E-state index >= 15 is 0 Å². The molecule has 0 aliphatic heterocycles. The Labute approximate surface area is 124 Å².